The average molecular weight is 294 g/mol. The lowest BCUT2D eigenvalue weighted by molar-refractivity contribution is 0.178. The molecule has 1 fully saturated rings. The summed E-state index contributed by atoms with van der Waals surface area (Å²) in [4.78, 5) is 6.75. The molecule has 0 amide bonds. The van der Waals surface area contributed by atoms with Crippen LogP contribution in [0, 0.1) is 0 Å². The van der Waals surface area contributed by atoms with Crippen LogP contribution in [0.2, 0.25) is 0 Å². The van der Waals surface area contributed by atoms with Crippen LogP contribution in [-0.4, -0.2) is 32.1 Å². The Balaban J connectivity index is 1.44. The van der Waals surface area contributed by atoms with Crippen LogP contribution >= 0.6 is 0 Å². The van der Waals surface area contributed by atoms with E-state index in [2.05, 4.69) is 62.6 Å². The van der Waals surface area contributed by atoms with Crippen LogP contribution in [0.5, 0.6) is 0 Å². The number of rotatable bonds is 3. The van der Waals surface area contributed by atoms with E-state index in [0.29, 0.717) is 6.04 Å². The van der Waals surface area contributed by atoms with Crippen LogP contribution in [-0.2, 0) is 13.6 Å². The van der Waals surface area contributed by atoms with Crippen molar-refractivity contribution in [2.45, 2.75) is 25.4 Å². The fraction of sp³-hybridized carbons (Fsp3) is 0.389. The molecule has 0 bridgehead atoms. The Labute approximate surface area is 131 Å². The third kappa shape index (κ3) is 2.44. The first-order valence-electron chi connectivity index (χ1n) is 8.04. The minimum absolute atomic E-state index is 0.627. The van der Waals surface area contributed by atoms with E-state index < -0.39 is 0 Å². The van der Waals surface area contributed by atoms with Gasteiger partial charge in [0, 0.05) is 50.6 Å². The summed E-state index contributed by atoms with van der Waals surface area (Å²) < 4.78 is 4.59. The van der Waals surface area contributed by atoms with Gasteiger partial charge in [-0.3, -0.25) is 4.90 Å². The highest BCUT2D eigenvalue weighted by atomic mass is 15.2. The zero-order valence-electron chi connectivity index (χ0n) is 13.0. The number of aryl methyl sites for hydroxylation is 1. The van der Waals surface area contributed by atoms with Gasteiger partial charge in [0.25, 0.3) is 0 Å². The molecule has 1 aromatic carbocycles. The zero-order chi connectivity index (χ0) is 14.9. The Bertz CT molecular complexity index is 762. The Morgan fingerprint density at radius 2 is 1.95 bits per heavy atom. The number of aromatic nitrogens is 3. The van der Waals surface area contributed by atoms with E-state index in [1.165, 1.54) is 29.4 Å². The molecule has 0 unspecified atom stereocenters. The van der Waals surface area contributed by atoms with Crippen LogP contribution in [0.25, 0.3) is 10.9 Å². The molecule has 0 spiro atoms. The second-order valence-electron chi connectivity index (χ2n) is 6.29. The molecule has 3 heterocycles. The number of para-hydroxylation sites is 1. The Morgan fingerprint density at radius 1 is 1.14 bits per heavy atom. The molecule has 1 saturated heterocycles. The third-order valence-electron chi connectivity index (χ3n) is 4.88. The molecule has 4 heteroatoms. The highest BCUT2D eigenvalue weighted by Gasteiger charge is 2.21. The molecule has 0 aliphatic carbocycles. The highest BCUT2D eigenvalue weighted by molar-refractivity contribution is 5.80. The molecule has 0 atom stereocenters. The number of hydrogen-bond donors (Lipinski definition) is 0. The Morgan fingerprint density at radius 3 is 2.73 bits per heavy atom. The van der Waals surface area contributed by atoms with Gasteiger partial charge in [-0.2, -0.15) is 0 Å². The van der Waals surface area contributed by atoms with Crippen LogP contribution in [0.4, 0.5) is 0 Å². The smallest absolute Gasteiger partial charge is 0.0945 e. The van der Waals surface area contributed by atoms with Gasteiger partial charge in [-0.05, 0) is 30.4 Å². The predicted octanol–water partition coefficient (Wildman–Crippen LogP) is 3.21. The molecule has 4 nitrogen and oxygen atoms in total. The summed E-state index contributed by atoms with van der Waals surface area (Å²) in [6.07, 6.45) is 8.55. The van der Waals surface area contributed by atoms with E-state index >= 15 is 0 Å². The third-order valence-corrected chi connectivity index (χ3v) is 4.88. The lowest BCUT2D eigenvalue weighted by atomic mass is 10.0. The molecular weight excluding hydrogens is 272 g/mol. The number of imidazole rings is 1. The molecule has 1 aliphatic heterocycles. The van der Waals surface area contributed by atoms with Crippen molar-refractivity contribution in [3.63, 3.8) is 0 Å². The maximum Gasteiger partial charge on any atom is 0.0945 e. The lowest BCUT2D eigenvalue weighted by Crippen LogP contribution is -2.34. The molecule has 114 valence electrons. The largest absolute Gasteiger partial charge is 0.344 e. The fourth-order valence-electron chi connectivity index (χ4n) is 3.54. The second-order valence-corrected chi connectivity index (χ2v) is 6.29. The van der Waals surface area contributed by atoms with Crippen molar-refractivity contribution in [3.05, 3.63) is 54.7 Å². The fourth-order valence-corrected chi connectivity index (χ4v) is 3.54. The average Bonchev–Trinajstić information content (AvgIpc) is 3.15. The normalized spacial score (nSPS) is 17.3. The number of benzene rings is 1. The molecular formula is C18H22N4. The molecule has 2 aromatic heterocycles. The van der Waals surface area contributed by atoms with Crippen molar-refractivity contribution in [3.8, 4) is 0 Å². The van der Waals surface area contributed by atoms with Gasteiger partial charge in [-0.15, -0.1) is 0 Å². The number of hydrogen-bond acceptors (Lipinski definition) is 2. The van der Waals surface area contributed by atoms with Crippen LogP contribution in [0.1, 0.15) is 24.6 Å². The van der Waals surface area contributed by atoms with E-state index in [0.717, 1.165) is 19.6 Å². The van der Waals surface area contributed by atoms with Gasteiger partial charge in [0.1, 0.15) is 0 Å². The number of likely N-dealkylation sites (tertiary alicyclic amines) is 1. The summed E-state index contributed by atoms with van der Waals surface area (Å²) in [5, 5.41) is 1.35. The van der Waals surface area contributed by atoms with Crippen LogP contribution in [0.15, 0.2) is 49.1 Å². The summed E-state index contributed by atoms with van der Waals surface area (Å²) in [7, 11) is 2.07. The molecule has 0 radical (unpaired) electrons. The minimum atomic E-state index is 0.627. The summed E-state index contributed by atoms with van der Waals surface area (Å²) in [6, 6.07) is 11.5. The van der Waals surface area contributed by atoms with E-state index in [9.17, 15) is 0 Å². The number of fused-ring (bicyclic) bond motifs is 1. The van der Waals surface area contributed by atoms with E-state index in [1.54, 1.807) is 0 Å². The number of nitrogens with zero attached hydrogens (tertiary/aromatic N) is 4. The maximum absolute atomic E-state index is 4.21. The van der Waals surface area contributed by atoms with E-state index in [1.807, 2.05) is 12.5 Å². The Kier molecular flexibility index (Phi) is 3.47. The maximum atomic E-state index is 4.21. The van der Waals surface area contributed by atoms with E-state index in [4.69, 9.17) is 0 Å². The summed E-state index contributed by atoms with van der Waals surface area (Å²) in [5.74, 6) is 0. The first-order chi connectivity index (χ1) is 10.8. The standard InChI is InChI=1S/C18H22N4/c1-20-14-19-12-17(20)13-21-9-7-16(8-10-21)22-11-6-15-4-2-3-5-18(15)22/h2-6,11-12,14,16H,7-10,13H2,1H3. The quantitative estimate of drug-likeness (QED) is 0.741. The van der Waals surface area contributed by atoms with Crippen molar-refractivity contribution >= 4 is 10.9 Å². The van der Waals surface area contributed by atoms with Crippen LogP contribution < -0.4 is 0 Å². The van der Waals surface area contributed by atoms with Gasteiger partial charge in [0.05, 0.1) is 12.0 Å². The highest BCUT2D eigenvalue weighted by Crippen LogP contribution is 2.28. The summed E-state index contributed by atoms with van der Waals surface area (Å²) >= 11 is 0. The van der Waals surface area contributed by atoms with Gasteiger partial charge in [0.2, 0.25) is 0 Å². The number of piperidine rings is 1. The summed E-state index contributed by atoms with van der Waals surface area (Å²) in [6.45, 7) is 3.32. The van der Waals surface area contributed by atoms with Gasteiger partial charge < -0.3 is 9.13 Å². The van der Waals surface area contributed by atoms with Crippen molar-refractivity contribution in [2.24, 2.45) is 7.05 Å². The van der Waals surface area contributed by atoms with Gasteiger partial charge in [-0.1, -0.05) is 18.2 Å². The first-order valence-corrected chi connectivity index (χ1v) is 8.04. The zero-order valence-corrected chi connectivity index (χ0v) is 13.0. The van der Waals surface area contributed by atoms with Gasteiger partial charge in [-0.25, -0.2) is 4.98 Å². The Hall–Kier alpha value is -2.07. The minimum Gasteiger partial charge on any atom is -0.344 e. The molecule has 1 aliphatic rings. The van der Waals surface area contributed by atoms with E-state index in [-0.39, 0.29) is 0 Å². The van der Waals surface area contributed by atoms with Crippen molar-refractivity contribution < 1.29 is 0 Å². The molecule has 0 N–H and O–H groups in total. The molecule has 4 rings (SSSR count). The second kappa shape index (κ2) is 5.61. The lowest BCUT2D eigenvalue weighted by Gasteiger charge is -2.33. The summed E-state index contributed by atoms with van der Waals surface area (Å²) in [5.41, 5.74) is 2.66. The van der Waals surface area contributed by atoms with Gasteiger partial charge >= 0.3 is 0 Å². The van der Waals surface area contributed by atoms with Gasteiger partial charge in [0.15, 0.2) is 0 Å². The van der Waals surface area contributed by atoms with Crippen molar-refractivity contribution in [2.75, 3.05) is 13.1 Å². The topological polar surface area (TPSA) is 26.0 Å². The molecule has 0 saturated carbocycles. The SMILES string of the molecule is Cn1cncc1CN1CCC(n2ccc3ccccc32)CC1. The van der Waals surface area contributed by atoms with Crippen molar-refractivity contribution in [1.29, 1.82) is 0 Å². The first kappa shape index (κ1) is 13.6. The monoisotopic (exact) mass is 294 g/mol. The molecule has 3 aromatic rings. The van der Waals surface area contributed by atoms with Crippen molar-refractivity contribution in [1.82, 2.24) is 19.0 Å². The van der Waals surface area contributed by atoms with Crippen LogP contribution in [0.3, 0.4) is 0 Å². The predicted molar refractivity (Wildman–Crippen MR) is 88.7 cm³/mol. The molecule has 22 heavy (non-hydrogen) atoms.